The number of benzene rings is 1. The third-order valence-corrected chi connectivity index (χ3v) is 2.71. The van der Waals surface area contributed by atoms with E-state index < -0.39 is 0 Å². The second-order valence-corrected chi connectivity index (χ2v) is 3.46. The van der Waals surface area contributed by atoms with Crippen LogP contribution in [-0.2, 0) is 22.6 Å². The molecule has 2 rings (SSSR count). The summed E-state index contributed by atoms with van der Waals surface area (Å²) < 4.78 is 5.35. The lowest BCUT2D eigenvalue weighted by Gasteiger charge is -2.06. The molecule has 0 spiro atoms. The third kappa shape index (κ3) is 1.23. The Bertz CT molecular complexity index is 405. The molecular weight excluding hydrogens is 176 g/mol. The fraction of sp³-hybridized carbons (Fsp3) is 0.250. The highest BCUT2D eigenvalue weighted by Gasteiger charge is 2.18. The number of rotatable bonds is 2. The Labute approximate surface area is 83.2 Å². The molecule has 0 atom stereocenters. The van der Waals surface area contributed by atoms with Crippen LogP contribution < -0.4 is 0 Å². The number of carbonyl (C=O) groups is 1. The maximum Gasteiger partial charge on any atom is 0.124 e. The molecule has 0 fully saturated rings. The third-order valence-electron chi connectivity index (χ3n) is 2.71. The van der Waals surface area contributed by atoms with E-state index in [2.05, 4.69) is 6.58 Å². The maximum atomic E-state index is 10.4. The van der Waals surface area contributed by atoms with Gasteiger partial charge in [-0.1, -0.05) is 18.7 Å². The second-order valence-electron chi connectivity index (χ2n) is 3.46. The number of aldehydes is 1. The zero-order chi connectivity index (χ0) is 10.1. The van der Waals surface area contributed by atoms with Crippen molar-refractivity contribution >= 4 is 12.0 Å². The van der Waals surface area contributed by atoms with Gasteiger partial charge in [0.1, 0.15) is 18.7 Å². The maximum absolute atomic E-state index is 10.4. The summed E-state index contributed by atoms with van der Waals surface area (Å²) >= 11 is 0. The van der Waals surface area contributed by atoms with Gasteiger partial charge in [-0.25, -0.2) is 0 Å². The zero-order valence-electron chi connectivity index (χ0n) is 8.17. The van der Waals surface area contributed by atoms with Gasteiger partial charge >= 0.3 is 0 Å². The van der Waals surface area contributed by atoms with Crippen LogP contribution in [0.2, 0.25) is 0 Å². The molecule has 1 heterocycles. The highest BCUT2D eigenvalue weighted by molar-refractivity contribution is 5.68. The van der Waals surface area contributed by atoms with E-state index >= 15 is 0 Å². The van der Waals surface area contributed by atoms with Crippen molar-refractivity contribution in [2.24, 2.45) is 0 Å². The number of fused-ring (bicyclic) bond motifs is 1. The van der Waals surface area contributed by atoms with Gasteiger partial charge in [-0.3, -0.25) is 0 Å². The molecular formula is C12H12O2. The molecule has 0 saturated heterocycles. The molecule has 72 valence electrons. The van der Waals surface area contributed by atoms with Gasteiger partial charge in [-0.15, -0.1) is 0 Å². The monoisotopic (exact) mass is 188 g/mol. The summed E-state index contributed by atoms with van der Waals surface area (Å²) in [5.41, 5.74) is 4.50. The van der Waals surface area contributed by atoms with E-state index in [0.717, 1.165) is 28.7 Å². The van der Waals surface area contributed by atoms with Gasteiger partial charge in [0.15, 0.2) is 0 Å². The Kier molecular flexibility index (Phi) is 2.12. The minimum Gasteiger partial charge on any atom is -0.489 e. The summed E-state index contributed by atoms with van der Waals surface area (Å²) in [6, 6.07) is 3.96. The first kappa shape index (κ1) is 9.00. The first-order chi connectivity index (χ1) is 6.74. The van der Waals surface area contributed by atoms with Crippen LogP contribution in [0.25, 0.3) is 5.76 Å². The average molecular weight is 188 g/mol. The van der Waals surface area contributed by atoms with Crippen LogP contribution in [0.1, 0.15) is 22.3 Å². The van der Waals surface area contributed by atoms with E-state index in [1.165, 1.54) is 5.56 Å². The second kappa shape index (κ2) is 3.29. The van der Waals surface area contributed by atoms with Gasteiger partial charge in [0.05, 0.1) is 0 Å². The normalized spacial score (nSPS) is 13.6. The first-order valence-electron chi connectivity index (χ1n) is 4.61. The van der Waals surface area contributed by atoms with Crippen LogP contribution in [-0.4, -0.2) is 6.29 Å². The highest BCUT2D eigenvalue weighted by Crippen LogP contribution is 2.32. The molecule has 14 heavy (non-hydrogen) atoms. The van der Waals surface area contributed by atoms with E-state index in [4.69, 9.17) is 4.74 Å². The molecule has 1 aromatic carbocycles. The Hall–Kier alpha value is -1.57. The molecule has 0 amide bonds. The lowest BCUT2D eigenvalue weighted by Crippen LogP contribution is -1.96. The van der Waals surface area contributed by atoms with Crippen molar-refractivity contribution in [2.45, 2.75) is 20.0 Å². The van der Waals surface area contributed by atoms with Crippen molar-refractivity contribution in [3.05, 3.63) is 41.0 Å². The molecule has 0 aliphatic carbocycles. The fourth-order valence-corrected chi connectivity index (χ4v) is 1.80. The number of carbonyl (C=O) groups excluding carboxylic acids is 1. The molecule has 1 aromatic rings. The Balaban J connectivity index is 2.52. The van der Waals surface area contributed by atoms with Crippen molar-refractivity contribution in [1.82, 2.24) is 0 Å². The largest absolute Gasteiger partial charge is 0.489 e. The smallest absolute Gasteiger partial charge is 0.124 e. The molecule has 2 heteroatoms. The number of hydrogen-bond acceptors (Lipinski definition) is 2. The Morgan fingerprint density at radius 1 is 1.57 bits per heavy atom. The van der Waals surface area contributed by atoms with Gasteiger partial charge in [-0.05, 0) is 18.1 Å². The van der Waals surface area contributed by atoms with Crippen LogP contribution in [0.15, 0.2) is 18.7 Å². The molecule has 0 N–H and O–H groups in total. The summed E-state index contributed by atoms with van der Waals surface area (Å²) in [5.74, 6) is 0.737. The molecule has 1 aliphatic rings. The minimum atomic E-state index is 0.478. The van der Waals surface area contributed by atoms with Crippen molar-refractivity contribution in [1.29, 1.82) is 0 Å². The van der Waals surface area contributed by atoms with Crippen LogP contribution in [0.5, 0.6) is 0 Å². The van der Waals surface area contributed by atoms with Crippen molar-refractivity contribution in [3.63, 3.8) is 0 Å². The van der Waals surface area contributed by atoms with E-state index in [1.807, 2.05) is 19.1 Å². The lowest BCUT2D eigenvalue weighted by molar-refractivity contribution is -0.107. The van der Waals surface area contributed by atoms with Gasteiger partial charge in [0.25, 0.3) is 0 Å². The quantitative estimate of drug-likeness (QED) is 0.665. The van der Waals surface area contributed by atoms with Crippen molar-refractivity contribution < 1.29 is 9.53 Å². The first-order valence-corrected chi connectivity index (χ1v) is 4.61. The van der Waals surface area contributed by atoms with Gasteiger partial charge in [0, 0.05) is 17.5 Å². The van der Waals surface area contributed by atoms with Gasteiger partial charge in [0.2, 0.25) is 0 Å². The fourth-order valence-electron chi connectivity index (χ4n) is 1.80. The summed E-state index contributed by atoms with van der Waals surface area (Å²) in [7, 11) is 0. The predicted octanol–water partition coefficient (Wildman–Crippen LogP) is 2.24. The number of ether oxygens (including phenoxy) is 1. The molecule has 1 aliphatic heterocycles. The topological polar surface area (TPSA) is 26.3 Å². The van der Waals surface area contributed by atoms with Crippen LogP contribution in [0, 0.1) is 6.92 Å². The predicted molar refractivity (Wildman–Crippen MR) is 54.8 cm³/mol. The summed E-state index contributed by atoms with van der Waals surface area (Å²) in [5, 5.41) is 0. The summed E-state index contributed by atoms with van der Waals surface area (Å²) in [6.45, 7) is 6.44. The van der Waals surface area contributed by atoms with Crippen LogP contribution in [0.3, 0.4) is 0 Å². The lowest BCUT2D eigenvalue weighted by atomic mass is 9.97. The number of hydrogen-bond donors (Lipinski definition) is 0. The molecule has 0 unspecified atom stereocenters. The molecule has 2 nitrogen and oxygen atoms in total. The molecule has 0 radical (unpaired) electrons. The Morgan fingerprint density at radius 2 is 2.36 bits per heavy atom. The minimum absolute atomic E-state index is 0.478. The van der Waals surface area contributed by atoms with E-state index in [-0.39, 0.29) is 0 Å². The SMILES string of the molecule is C=C1OCc2c1ccc(CC=O)c2C. The zero-order valence-corrected chi connectivity index (χ0v) is 8.17. The average Bonchev–Trinajstić information content (AvgIpc) is 2.54. The summed E-state index contributed by atoms with van der Waals surface area (Å²) in [4.78, 5) is 10.4. The van der Waals surface area contributed by atoms with E-state index in [1.54, 1.807) is 0 Å². The van der Waals surface area contributed by atoms with Crippen molar-refractivity contribution in [2.75, 3.05) is 0 Å². The summed E-state index contributed by atoms with van der Waals surface area (Å²) in [6.07, 6.45) is 1.41. The highest BCUT2D eigenvalue weighted by atomic mass is 16.5. The van der Waals surface area contributed by atoms with E-state index in [9.17, 15) is 4.79 Å². The van der Waals surface area contributed by atoms with Gasteiger partial charge < -0.3 is 9.53 Å². The molecule has 0 aromatic heterocycles. The molecule has 0 saturated carbocycles. The van der Waals surface area contributed by atoms with Crippen LogP contribution >= 0.6 is 0 Å². The van der Waals surface area contributed by atoms with Gasteiger partial charge in [-0.2, -0.15) is 0 Å². The molecule has 0 bridgehead atoms. The van der Waals surface area contributed by atoms with Crippen LogP contribution in [0.4, 0.5) is 0 Å². The Morgan fingerprint density at radius 3 is 3.07 bits per heavy atom. The van der Waals surface area contributed by atoms with Crippen molar-refractivity contribution in [3.8, 4) is 0 Å². The van der Waals surface area contributed by atoms with E-state index in [0.29, 0.717) is 13.0 Å². The standard InChI is InChI=1S/C12H12O2/c1-8-10(5-6-13)3-4-11-9(2)14-7-12(8)11/h3-4,6H,2,5,7H2,1H3.